The molecule has 4 rings (SSSR count). The first-order valence-electron chi connectivity index (χ1n) is 9.79. The highest BCUT2D eigenvalue weighted by atomic mass is 35.5. The molecule has 0 radical (unpaired) electrons. The highest BCUT2D eigenvalue weighted by Crippen LogP contribution is 2.37. The fraction of sp³-hybridized carbons (Fsp3) is 0.217. The summed E-state index contributed by atoms with van der Waals surface area (Å²) < 4.78 is 21.8. The highest BCUT2D eigenvalue weighted by molar-refractivity contribution is 6.35. The lowest BCUT2D eigenvalue weighted by Gasteiger charge is -2.12. The molecule has 32 heavy (non-hydrogen) atoms. The fourth-order valence-electron chi connectivity index (χ4n) is 3.33. The third kappa shape index (κ3) is 4.60. The van der Waals surface area contributed by atoms with Gasteiger partial charge in [0.1, 0.15) is 11.5 Å². The molecular formula is C23H20Cl2N2O5. The minimum absolute atomic E-state index is 0.123. The van der Waals surface area contributed by atoms with Gasteiger partial charge in [-0.1, -0.05) is 23.2 Å². The number of ether oxygens (including phenoxy) is 4. The summed E-state index contributed by atoms with van der Waals surface area (Å²) in [6.45, 7) is 3.65. The Kier molecular flexibility index (Phi) is 6.41. The molecule has 2 aromatic heterocycles. The minimum atomic E-state index is -0.828. The van der Waals surface area contributed by atoms with Crippen LogP contribution >= 0.6 is 23.2 Å². The van der Waals surface area contributed by atoms with Gasteiger partial charge in [0.15, 0.2) is 0 Å². The average Bonchev–Trinajstić information content (AvgIpc) is 3.09. The number of nitrogens with one attached hydrogen (secondary N) is 1. The van der Waals surface area contributed by atoms with Crippen LogP contribution in [0.15, 0.2) is 42.6 Å². The van der Waals surface area contributed by atoms with Crippen LogP contribution in [-0.2, 0) is 16.1 Å². The van der Waals surface area contributed by atoms with Crippen LogP contribution in [-0.4, -0.2) is 29.3 Å². The van der Waals surface area contributed by atoms with Crippen molar-refractivity contribution in [1.82, 2.24) is 9.97 Å². The number of hydrogen-bond acceptors (Lipinski definition) is 6. The van der Waals surface area contributed by atoms with E-state index in [1.54, 1.807) is 45.4 Å². The minimum Gasteiger partial charge on any atom is -0.456 e. The molecule has 0 saturated carbocycles. The molecule has 0 spiro atoms. The summed E-state index contributed by atoms with van der Waals surface area (Å²) >= 11 is 12.2. The Hall–Kier alpha value is -3.00. The van der Waals surface area contributed by atoms with Gasteiger partial charge in [0, 0.05) is 28.4 Å². The highest BCUT2D eigenvalue weighted by Gasteiger charge is 2.19. The fourth-order valence-corrected chi connectivity index (χ4v) is 3.78. The van der Waals surface area contributed by atoms with E-state index in [4.69, 9.17) is 42.1 Å². The van der Waals surface area contributed by atoms with E-state index in [-0.39, 0.29) is 18.6 Å². The number of aromatic amines is 1. The third-order valence-electron chi connectivity index (χ3n) is 4.59. The van der Waals surface area contributed by atoms with Crippen LogP contribution in [0, 0.1) is 0 Å². The Morgan fingerprint density at radius 2 is 1.94 bits per heavy atom. The lowest BCUT2D eigenvalue weighted by molar-refractivity contribution is 0.0705. The van der Waals surface area contributed by atoms with E-state index < -0.39 is 6.16 Å². The predicted octanol–water partition coefficient (Wildman–Crippen LogP) is 6.89. The van der Waals surface area contributed by atoms with Crippen molar-refractivity contribution in [2.45, 2.75) is 26.6 Å². The van der Waals surface area contributed by atoms with Crippen molar-refractivity contribution in [2.75, 3.05) is 7.11 Å². The number of rotatable bonds is 6. The normalized spacial score (nSPS) is 11.3. The zero-order valence-corrected chi connectivity index (χ0v) is 19.1. The molecule has 7 nitrogen and oxygen atoms in total. The van der Waals surface area contributed by atoms with Gasteiger partial charge in [0.05, 0.1) is 35.0 Å². The molecule has 2 aromatic carbocycles. The van der Waals surface area contributed by atoms with Crippen molar-refractivity contribution in [3.63, 3.8) is 0 Å². The van der Waals surface area contributed by atoms with Crippen LogP contribution < -0.4 is 9.47 Å². The van der Waals surface area contributed by atoms with Crippen LogP contribution in [0.2, 0.25) is 10.0 Å². The Morgan fingerprint density at radius 3 is 2.66 bits per heavy atom. The maximum Gasteiger partial charge on any atom is 0.515 e. The first kappa shape index (κ1) is 22.2. The summed E-state index contributed by atoms with van der Waals surface area (Å²) in [7, 11) is 1.56. The summed E-state index contributed by atoms with van der Waals surface area (Å²) in [6, 6.07) is 10.6. The van der Waals surface area contributed by atoms with Crippen LogP contribution in [0.1, 0.15) is 19.4 Å². The molecular weight excluding hydrogens is 455 g/mol. The van der Waals surface area contributed by atoms with Crippen LogP contribution in [0.5, 0.6) is 17.4 Å². The van der Waals surface area contributed by atoms with Gasteiger partial charge < -0.3 is 23.9 Å². The second-order valence-corrected chi connectivity index (χ2v) is 8.14. The number of hydrogen-bond donors (Lipinski definition) is 1. The maximum atomic E-state index is 12.1. The zero-order valence-electron chi connectivity index (χ0n) is 17.6. The number of pyridine rings is 1. The number of carbonyl (C=O) groups excluding carboxylic acids is 1. The SMILES string of the molecule is COCc1c(OC(=O)OC(C)C)ncc2[nH]c3ccc(Oc4ccc(Cl)cc4Cl)cc3c12. The molecule has 0 bridgehead atoms. The lowest BCUT2D eigenvalue weighted by atomic mass is 10.1. The van der Waals surface area contributed by atoms with Gasteiger partial charge in [0.2, 0.25) is 5.88 Å². The summed E-state index contributed by atoms with van der Waals surface area (Å²) in [6.07, 6.45) is 0.457. The second kappa shape index (κ2) is 9.24. The number of fused-ring (bicyclic) bond motifs is 3. The Morgan fingerprint density at radius 1 is 1.12 bits per heavy atom. The Bertz CT molecular complexity index is 1300. The molecule has 0 atom stereocenters. The van der Waals surface area contributed by atoms with Crippen molar-refractivity contribution in [3.8, 4) is 17.4 Å². The lowest BCUT2D eigenvalue weighted by Crippen LogP contribution is -2.17. The number of benzene rings is 2. The van der Waals surface area contributed by atoms with E-state index in [1.807, 2.05) is 18.2 Å². The smallest absolute Gasteiger partial charge is 0.456 e. The van der Waals surface area contributed by atoms with Crippen molar-refractivity contribution in [1.29, 1.82) is 0 Å². The largest absolute Gasteiger partial charge is 0.515 e. The summed E-state index contributed by atoms with van der Waals surface area (Å²) in [5.41, 5.74) is 2.23. The molecule has 4 aromatic rings. The number of halogens is 2. The molecule has 9 heteroatoms. The molecule has 166 valence electrons. The van der Waals surface area contributed by atoms with E-state index in [1.165, 1.54) is 0 Å². The van der Waals surface area contributed by atoms with E-state index >= 15 is 0 Å². The van der Waals surface area contributed by atoms with Crippen molar-refractivity contribution < 1.29 is 23.7 Å². The first-order valence-corrected chi connectivity index (χ1v) is 10.5. The topological polar surface area (TPSA) is 82.7 Å². The quantitative estimate of drug-likeness (QED) is 0.306. The molecule has 0 amide bonds. The number of nitrogens with zero attached hydrogens (tertiary/aromatic N) is 1. The number of H-pyrrole nitrogens is 1. The van der Waals surface area contributed by atoms with Crippen LogP contribution in [0.25, 0.3) is 21.8 Å². The first-order chi connectivity index (χ1) is 15.4. The molecule has 1 N–H and O–H groups in total. The van der Waals surface area contributed by atoms with E-state index in [9.17, 15) is 4.79 Å². The molecule has 2 heterocycles. The molecule has 0 aliphatic carbocycles. The Labute approximate surface area is 194 Å². The summed E-state index contributed by atoms with van der Waals surface area (Å²) in [4.78, 5) is 19.6. The molecule has 0 aliphatic heterocycles. The zero-order chi connectivity index (χ0) is 22.8. The second-order valence-electron chi connectivity index (χ2n) is 7.29. The van der Waals surface area contributed by atoms with Crippen LogP contribution in [0.3, 0.4) is 0 Å². The van der Waals surface area contributed by atoms with Gasteiger partial charge in [0.25, 0.3) is 0 Å². The Balaban J connectivity index is 1.79. The summed E-state index contributed by atoms with van der Waals surface area (Å²) in [5.74, 6) is 1.18. The monoisotopic (exact) mass is 474 g/mol. The standard InChI is InChI=1S/C23H20Cl2N2O5/c1-12(2)30-23(28)32-22-16(11-29-3)21-15-9-14(5-6-18(15)27-19(21)10-26-22)31-20-7-4-13(24)8-17(20)25/h4-10,12,27H,11H2,1-3H3. The molecule has 0 saturated heterocycles. The van der Waals surface area contributed by atoms with Gasteiger partial charge in [-0.15, -0.1) is 0 Å². The molecule has 0 aliphatic rings. The van der Waals surface area contributed by atoms with Crippen molar-refractivity contribution in [2.24, 2.45) is 0 Å². The number of methoxy groups -OCH3 is 1. The van der Waals surface area contributed by atoms with Gasteiger partial charge in [-0.05, 0) is 50.2 Å². The maximum absolute atomic E-state index is 12.1. The predicted molar refractivity (Wildman–Crippen MR) is 123 cm³/mol. The van der Waals surface area contributed by atoms with Gasteiger partial charge in [-0.2, -0.15) is 0 Å². The van der Waals surface area contributed by atoms with Gasteiger partial charge >= 0.3 is 6.16 Å². The van der Waals surface area contributed by atoms with E-state index in [2.05, 4.69) is 9.97 Å². The van der Waals surface area contributed by atoms with Crippen LogP contribution in [0.4, 0.5) is 4.79 Å². The number of aromatic nitrogens is 2. The molecule has 0 unspecified atom stereocenters. The summed E-state index contributed by atoms with van der Waals surface area (Å²) in [5, 5.41) is 2.57. The van der Waals surface area contributed by atoms with Gasteiger partial charge in [-0.3, -0.25) is 0 Å². The van der Waals surface area contributed by atoms with Crippen molar-refractivity contribution in [3.05, 3.63) is 58.2 Å². The average molecular weight is 475 g/mol. The molecule has 0 fully saturated rings. The van der Waals surface area contributed by atoms with Crippen molar-refractivity contribution >= 4 is 51.2 Å². The third-order valence-corrected chi connectivity index (χ3v) is 5.12. The van der Waals surface area contributed by atoms with Gasteiger partial charge in [-0.25, -0.2) is 9.78 Å². The number of carbonyl (C=O) groups is 1. The van der Waals surface area contributed by atoms with E-state index in [0.717, 1.165) is 21.8 Å². The van der Waals surface area contributed by atoms with E-state index in [0.29, 0.717) is 27.1 Å².